The Morgan fingerprint density at radius 3 is 2.67 bits per heavy atom. The highest BCUT2D eigenvalue weighted by Gasteiger charge is 2.21. The molecule has 98 valence electrons. The van der Waals surface area contributed by atoms with Crippen LogP contribution in [0, 0.1) is 0 Å². The summed E-state index contributed by atoms with van der Waals surface area (Å²) in [6.07, 6.45) is 1.46. The Bertz CT molecular complexity index is 648. The number of hydrogen-bond donors (Lipinski definition) is 1. The molecule has 2 aromatic rings. The summed E-state index contributed by atoms with van der Waals surface area (Å²) in [6.45, 7) is 1.81. The molecule has 8 heteroatoms. The van der Waals surface area contributed by atoms with Crippen molar-refractivity contribution in [2.75, 3.05) is 0 Å². The Morgan fingerprint density at radius 1 is 1.44 bits per heavy atom. The van der Waals surface area contributed by atoms with E-state index in [-0.39, 0.29) is 11.1 Å². The van der Waals surface area contributed by atoms with Gasteiger partial charge in [-0.25, -0.2) is 13.1 Å². The predicted octanol–water partition coefficient (Wildman–Crippen LogP) is 2.28. The topological polar surface area (TPSA) is 64.0 Å². The van der Waals surface area contributed by atoms with Crippen LogP contribution in [0.1, 0.15) is 17.8 Å². The molecular weight excluding hydrogens is 338 g/mol. The van der Waals surface area contributed by atoms with E-state index in [0.717, 1.165) is 8.66 Å². The van der Waals surface area contributed by atoms with E-state index in [0.29, 0.717) is 0 Å². The van der Waals surface area contributed by atoms with E-state index in [1.165, 1.54) is 28.3 Å². The Kier molecular flexibility index (Phi) is 3.90. The lowest BCUT2D eigenvalue weighted by molar-refractivity contribution is 0.551. The molecule has 2 heterocycles. The van der Waals surface area contributed by atoms with Gasteiger partial charge in [-0.15, -0.1) is 11.3 Å². The molecule has 0 spiro atoms. The number of nitrogens with zero attached hydrogens (tertiary/aromatic N) is 2. The Morgan fingerprint density at radius 2 is 2.17 bits per heavy atom. The van der Waals surface area contributed by atoms with Gasteiger partial charge in [0.2, 0.25) is 0 Å². The molecule has 0 unspecified atom stereocenters. The Hall–Kier alpha value is -0.700. The molecule has 0 aliphatic rings. The molecule has 18 heavy (non-hydrogen) atoms. The number of aryl methyl sites for hydroxylation is 1. The van der Waals surface area contributed by atoms with Gasteiger partial charge in [0, 0.05) is 11.9 Å². The fourth-order valence-electron chi connectivity index (χ4n) is 1.54. The van der Waals surface area contributed by atoms with Gasteiger partial charge >= 0.3 is 0 Å². The van der Waals surface area contributed by atoms with Crippen LogP contribution in [0.2, 0.25) is 0 Å². The lowest BCUT2D eigenvalue weighted by Crippen LogP contribution is -2.28. The number of sulfonamides is 1. The lowest BCUT2D eigenvalue weighted by atomic mass is 10.3. The van der Waals surface area contributed by atoms with Crippen LogP contribution in [0.25, 0.3) is 0 Å². The van der Waals surface area contributed by atoms with Gasteiger partial charge in [-0.1, -0.05) is 0 Å². The Labute approximate surface area is 118 Å². The van der Waals surface area contributed by atoms with E-state index in [2.05, 4.69) is 25.8 Å². The largest absolute Gasteiger partial charge is 0.258 e. The smallest absolute Gasteiger partial charge is 0.256 e. The van der Waals surface area contributed by atoms with E-state index >= 15 is 0 Å². The summed E-state index contributed by atoms with van der Waals surface area (Å²) in [5.74, 6) is 0. The van der Waals surface area contributed by atoms with Crippen molar-refractivity contribution in [2.24, 2.45) is 7.05 Å². The maximum absolute atomic E-state index is 12.1. The average Bonchev–Trinajstić information content (AvgIpc) is 2.86. The molecule has 0 saturated heterocycles. The zero-order valence-electron chi connectivity index (χ0n) is 9.79. The van der Waals surface area contributed by atoms with E-state index in [1.807, 2.05) is 19.1 Å². The zero-order chi connectivity index (χ0) is 13.3. The number of nitrogens with one attached hydrogen (secondary N) is 1. The summed E-state index contributed by atoms with van der Waals surface area (Å²) in [6, 6.07) is 4.99. The van der Waals surface area contributed by atoms with Gasteiger partial charge in [0.1, 0.15) is 0 Å². The first-order valence-corrected chi connectivity index (χ1v) is 8.25. The number of hydrogen-bond acceptors (Lipinski definition) is 4. The maximum atomic E-state index is 12.1. The summed E-state index contributed by atoms with van der Waals surface area (Å²) in [5, 5.41) is 4.02. The van der Waals surface area contributed by atoms with Crippen LogP contribution in [-0.4, -0.2) is 18.2 Å². The van der Waals surface area contributed by atoms with Gasteiger partial charge in [-0.2, -0.15) is 5.10 Å². The van der Waals surface area contributed by atoms with Crippen LogP contribution in [0.5, 0.6) is 0 Å². The van der Waals surface area contributed by atoms with Crippen LogP contribution in [-0.2, 0) is 17.1 Å². The first-order chi connectivity index (χ1) is 8.40. The highest BCUT2D eigenvalue weighted by Crippen LogP contribution is 2.27. The summed E-state index contributed by atoms with van der Waals surface area (Å²) in [7, 11) is -1.95. The van der Waals surface area contributed by atoms with Crippen molar-refractivity contribution in [3.8, 4) is 0 Å². The number of thiophene rings is 1. The molecule has 0 aliphatic carbocycles. The molecule has 0 amide bonds. The second kappa shape index (κ2) is 5.12. The van der Waals surface area contributed by atoms with Crippen molar-refractivity contribution in [3.05, 3.63) is 33.1 Å². The molecular formula is C10H12BrN3O2S2. The molecule has 2 aromatic heterocycles. The van der Waals surface area contributed by atoms with Gasteiger partial charge < -0.3 is 0 Å². The molecule has 0 aromatic carbocycles. The van der Waals surface area contributed by atoms with Crippen molar-refractivity contribution >= 4 is 37.3 Å². The second-order valence-corrected chi connectivity index (χ2v) is 7.93. The van der Waals surface area contributed by atoms with Gasteiger partial charge in [0.15, 0.2) is 5.03 Å². The van der Waals surface area contributed by atoms with Gasteiger partial charge in [0.25, 0.3) is 10.0 Å². The average molecular weight is 350 g/mol. The van der Waals surface area contributed by atoms with Crippen molar-refractivity contribution < 1.29 is 8.42 Å². The highest BCUT2D eigenvalue weighted by atomic mass is 79.9. The standard InChI is InChI=1S/C10H12BrN3O2S2/c1-7(8-3-4-9(11)17-8)13-18(15,16)10-5-6-12-14(10)2/h3-7,13H,1-2H3/t7-/m1/s1. The Balaban J connectivity index is 2.21. The molecule has 2 rings (SSSR count). The fraction of sp³-hybridized carbons (Fsp3) is 0.300. The molecule has 0 radical (unpaired) electrons. The van der Waals surface area contributed by atoms with E-state index in [4.69, 9.17) is 0 Å². The van der Waals surface area contributed by atoms with Gasteiger partial charge in [0.05, 0.1) is 16.0 Å². The summed E-state index contributed by atoms with van der Waals surface area (Å²) >= 11 is 4.86. The third kappa shape index (κ3) is 2.82. The molecule has 0 bridgehead atoms. The number of halogens is 1. The third-order valence-electron chi connectivity index (χ3n) is 2.40. The minimum absolute atomic E-state index is 0.157. The highest BCUT2D eigenvalue weighted by molar-refractivity contribution is 9.11. The first kappa shape index (κ1) is 13.7. The van der Waals surface area contributed by atoms with Crippen LogP contribution < -0.4 is 4.72 Å². The van der Waals surface area contributed by atoms with Crippen LogP contribution in [0.15, 0.2) is 33.2 Å². The first-order valence-electron chi connectivity index (χ1n) is 5.16. The molecule has 0 saturated carbocycles. The van der Waals surface area contributed by atoms with Crippen LogP contribution >= 0.6 is 27.3 Å². The van der Waals surface area contributed by atoms with Gasteiger partial charge in [-0.05, 0) is 41.1 Å². The predicted molar refractivity (Wildman–Crippen MR) is 74.0 cm³/mol. The molecule has 0 fully saturated rings. The van der Waals surface area contributed by atoms with E-state index < -0.39 is 10.0 Å². The van der Waals surface area contributed by atoms with Gasteiger partial charge in [-0.3, -0.25) is 4.68 Å². The monoisotopic (exact) mass is 349 g/mol. The molecule has 1 N–H and O–H groups in total. The van der Waals surface area contributed by atoms with Crippen molar-refractivity contribution in [2.45, 2.75) is 18.0 Å². The minimum Gasteiger partial charge on any atom is -0.256 e. The molecule has 1 atom stereocenters. The lowest BCUT2D eigenvalue weighted by Gasteiger charge is -2.12. The van der Waals surface area contributed by atoms with Crippen molar-refractivity contribution in [1.82, 2.24) is 14.5 Å². The second-order valence-electron chi connectivity index (χ2n) is 3.78. The third-order valence-corrected chi connectivity index (χ3v) is 5.83. The minimum atomic E-state index is -3.54. The number of aromatic nitrogens is 2. The fourth-order valence-corrected chi connectivity index (χ4v) is 4.39. The quantitative estimate of drug-likeness (QED) is 0.920. The summed E-state index contributed by atoms with van der Waals surface area (Å²) in [5.41, 5.74) is 0. The normalized spacial score (nSPS) is 13.7. The summed E-state index contributed by atoms with van der Waals surface area (Å²) < 4.78 is 29.2. The van der Waals surface area contributed by atoms with E-state index in [9.17, 15) is 8.42 Å². The molecule has 0 aliphatic heterocycles. The maximum Gasteiger partial charge on any atom is 0.258 e. The molecule has 5 nitrogen and oxygen atoms in total. The number of rotatable bonds is 4. The summed E-state index contributed by atoms with van der Waals surface area (Å²) in [4.78, 5) is 0.951. The van der Waals surface area contributed by atoms with E-state index in [1.54, 1.807) is 7.05 Å². The van der Waals surface area contributed by atoms with Crippen LogP contribution in [0.4, 0.5) is 0 Å². The van der Waals surface area contributed by atoms with Crippen molar-refractivity contribution in [3.63, 3.8) is 0 Å². The SMILES string of the molecule is C[C@@H](NS(=O)(=O)c1ccnn1C)c1ccc(Br)s1. The zero-order valence-corrected chi connectivity index (χ0v) is 13.0. The van der Waals surface area contributed by atoms with Crippen LogP contribution in [0.3, 0.4) is 0 Å². The van der Waals surface area contributed by atoms with Crippen molar-refractivity contribution in [1.29, 1.82) is 0 Å².